The summed E-state index contributed by atoms with van der Waals surface area (Å²) in [6.45, 7) is 6.50. The van der Waals surface area contributed by atoms with E-state index in [1.807, 2.05) is 4.90 Å². The zero-order valence-electron chi connectivity index (χ0n) is 14.1. The number of amides is 2. The van der Waals surface area contributed by atoms with Crippen LogP contribution in [0.2, 0.25) is 0 Å². The molecule has 22 heavy (non-hydrogen) atoms. The van der Waals surface area contributed by atoms with Gasteiger partial charge in [0.2, 0.25) is 11.8 Å². The first kappa shape index (κ1) is 17.3. The minimum Gasteiger partial charge on any atom is -0.353 e. The van der Waals surface area contributed by atoms with Gasteiger partial charge in [-0.2, -0.15) is 0 Å². The summed E-state index contributed by atoms with van der Waals surface area (Å²) in [5.41, 5.74) is 0. The molecule has 126 valence electrons. The predicted octanol–water partition coefficient (Wildman–Crippen LogP) is 1.67. The van der Waals surface area contributed by atoms with Gasteiger partial charge in [0.25, 0.3) is 0 Å². The highest BCUT2D eigenvalue weighted by Gasteiger charge is 2.32. The summed E-state index contributed by atoms with van der Waals surface area (Å²) >= 11 is 0. The van der Waals surface area contributed by atoms with Gasteiger partial charge in [-0.3, -0.25) is 9.59 Å². The quantitative estimate of drug-likeness (QED) is 0.812. The first-order valence-electron chi connectivity index (χ1n) is 8.94. The lowest BCUT2D eigenvalue weighted by Crippen LogP contribution is -2.53. The van der Waals surface area contributed by atoms with E-state index in [1.165, 1.54) is 0 Å². The molecule has 2 rings (SSSR count). The molecule has 2 heterocycles. The first-order chi connectivity index (χ1) is 10.6. The molecular formula is C17H31N3O2. The fourth-order valence-electron chi connectivity index (χ4n) is 3.54. The molecule has 5 heteroatoms. The maximum absolute atomic E-state index is 12.6. The number of nitrogens with one attached hydrogen (secondary N) is 2. The zero-order chi connectivity index (χ0) is 15.9. The van der Waals surface area contributed by atoms with Gasteiger partial charge in [0.1, 0.15) is 0 Å². The summed E-state index contributed by atoms with van der Waals surface area (Å²) in [4.78, 5) is 26.8. The van der Waals surface area contributed by atoms with E-state index in [9.17, 15) is 9.59 Å². The van der Waals surface area contributed by atoms with Crippen molar-refractivity contribution < 1.29 is 9.59 Å². The number of carbonyl (C=O) groups is 2. The van der Waals surface area contributed by atoms with Crippen molar-refractivity contribution in [3.8, 4) is 0 Å². The summed E-state index contributed by atoms with van der Waals surface area (Å²) in [6, 6.07) is 0.193. The van der Waals surface area contributed by atoms with Crippen LogP contribution in [0, 0.1) is 5.92 Å². The van der Waals surface area contributed by atoms with Gasteiger partial charge in [0, 0.05) is 19.1 Å². The average Bonchev–Trinajstić information content (AvgIpc) is 2.55. The largest absolute Gasteiger partial charge is 0.353 e. The van der Waals surface area contributed by atoms with Gasteiger partial charge < -0.3 is 15.5 Å². The molecule has 0 aromatic heterocycles. The Kier molecular flexibility index (Phi) is 6.68. The third-order valence-electron chi connectivity index (χ3n) is 4.82. The summed E-state index contributed by atoms with van der Waals surface area (Å²) in [6.07, 6.45) is 7.11. The Balaban J connectivity index is 1.85. The molecule has 5 nitrogen and oxygen atoms in total. The van der Waals surface area contributed by atoms with Crippen molar-refractivity contribution in [2.45, 2.75) is 70.9 Å². The van der Waals surface area contributed by atoms with Crippen LogP contribution in [-0.2, 0) is 9.59 Å². The number of rotatable bonds is 5. The van der Waals surface area contributed by atoms with Crippen molar-refractivity contribution in [1.29, 1.82) is 0 Å². The van der Waals surface area contributed by atoms with Gasteiger partial charge in [0.15, 0.2) is 0 Å². The lowest BCUT2D eigenvalue weighted by atomic mass is 9.95. The van der Waals surface area contributed by atoms with Crippen LogP contribution in [0.5, 0.6) is 0 Å². The van der Waals surface area contributed by atoms with Crippen LogP contribution in [0.25, 0.3) is 0 Å². The van der Waals surface area contributed by atoms with Crippen LogP contribution in [0.3, 0.4) is 0 Å². The fraction of sp³-hybridized carbons (Fsp3) is 0.882. The third-order valence-corrected chi connectivity index (χ3v) is 4.82. The van der Waals surface area contributed by atoms with Crippen LogP contribution < -0.4 is 10.6 Å². The molecule has 0 saturated carbocycles. The van der Waals surface area contributed by atoms with E-state index >= 15 is 0 Å². The molecule has 3 atom stereocenters. The Morgan fingerprint density at radius 3 is 2.77 bits per heavy atom. The number of likely N-dealkylation sites (tertiary alicyclic amines) is 1. The van der Waals surface area contributed by atoms with Crippen molar-refractivity contribution in [1.82, 2.24) is 15.5 Å². The van der Waals surface area contributed by atoms with Crippen LogP contribution in [0.1, 0.15) is 58.8 Å². The number of hydrogen-bond acceptors (Lipinski definition) is 3. The average molecular weight is 309 g/mol. The molecule has 3 unspecified atom stereocenters. The van der Waals surface area contributed by atoms with Crippen LogP contribution in [0.15, 0.2) is 0 Å². The van der Waals surface area contributed by atoms with Crippen molar-refractivity contribution in [2.24, 2.45) is 5.92 Å². The highest BCUT2D eigenvalue weighted by atomic mass is 16.2. The summed E-state index contributed by atoms with van der Waals surface area (Å²) in [5.74, 6) is 0.273. The maximum Gasteiger partial charge on any atom is 0.239 e. The Bertz CT molecular complexity index is 380. The Morgan fingerprint density at radius 2 is 2.09 bits per heavy atom. The zero-order valence-corrected chi connectivity index (χ0v) is 14.1. The Hall–Kier alpha value is -1.10. The smallest absolute Gasteiger partial charge is 0.239 e. The van der Waals surface area contributed by atoms with Gasteiger partial charge in [-0.25, -0.2) is 0 Å². The van der Waals surface area contributed by atoms with Gasteiger partial charge >= 0.3 is 0 Å². The predicted molar refractivity (Wildman–Crippen MR) is 87.5 cm³/mol. The normalized spacial score (nSPS) is 27.3. The lowest BCUT2D eigenvalue weighted by Gasteiger charge is -2.36. The van der Waals surface area contributed by atoms with Gasteiger partial charge in [-0.05, 0) is 45.6 Å². The number of piperidine rings is 2. The molecular weight excluding hydrogens is 278 g/mol. The van der Waals surface area contributed by atoms with E-state index in [4.69, 9.17) is 0 Å². The molecule has 2 aliphatic rings. The highest BCUT2D eigenvalue weighted by Crippen LogP contribution is 2.19. The van der Waals surface area contributed by atoms with Crippen molar-refractivity contribution in [3.05, 3.63) is 0 Å². The number of hydrogen-bond donors (Lipinski definition) is 2. The lowest BCUT2D eigenvalue weighted by molar-refractivity contribution is -0.138. The first-order valence-corrected chi connectivity index (χ1v) is 8.94. The van der Waals surface area contributed by atoms with Crippen molar-refractivity contribution >= 4 is 11.8 Å². The molecule has 0 aliphatic carbocycles. The topological polar surface area (TPSA) is 61.4 Å². The standard InChI is InChI=1S/C17H31N3O2/c1-3-7-13(2)19-16(21)14-8-6-11-20(12-14)17(22)15-9-4-5-10-18-15/h13-15,18H,3-12H2,1-2H3,(H,19,21). The Labute approximate surface area is 134 Å². The van der Waals surface area contributed by atoms with E-state index in [1.54, 1.807) is 0 Å². The van der Waals surface area contributed by atoms with E-state index in [0.29, 0.717) is 6.54 Å². The third kappa shape index (κ3) is 4.70. The summed E-state index contributed by atoms with van der Waals surface area (Å²) in [7, 11) is 0. The second kappa shape index (κ2) is 8.51. The maximum atomic E-state index is 12.6. The van der Waals surface area contributed by atoms with Gasteiger partial charge in [-0.15, -0.1) is 0 Å². The van der Waals surface area contributed by atoms with Crippen molar-refractivity contribution in [3.63, 3.8) is 0 Å². The molecule has 2 amide bonds. The van der Waals surface area contributed by atoms with E-state index < -0.39 is 0 Å². The molecule has 0 aromatic rings. The minimum atomic E-state index is -0.0411. The van der Waals surface area contributed by atoms with Gasteiger partial charge in [0.05, 0.1) is 12.0 Å². The number of carbonyl (C=O) groups excluding carboxylic acids is 2. The van der Waals surface area contributed by atoms with E-state index in [0.717, 1.165) is 58.0 Å². The highest BCUT2D eigenvalue weighted by molar-refractivity contribution is 5.84. The SMILES string of the molecule is CCCC(C)NC(=O)C1CCCN(C(=O)C2CCCCN2)C1. The van der Waals surface area contributed by atoms with Gasteiger partial charge in [-0.1, -0.05) is 19.8 Å². The van der Waals surface area contributed by atoms with Crippen molar-refractivity contribution in [2.75, 3.05) is 19.6 Å². The summed E-state index contributed by atoms with van der Waals surface area (Å²) in [5, 5.41) is 6.41. The van der Waals surface area contributed by atoms with E-state index in [-0.39, 0.29) is 29.8 Å². The molecule has 0 bridgehead atoms. The second-order valence-electron chi connectivity index (χ2n) is 6.82. The molecule has 2 fully saturated rings. The van der Waals surface area contributed by atoms with Crippen LogP contribution in [-0.4, -0.2) is 48.4 Å². The summed E-state index contributed by atoms with van der Waals surface area (Å²) < 4.78 is 0. The molecule has 0 radical (unpaired) electrons. The number of nitrogens with zero attached hydrogens (tertiary/aromatic N) is 1. The van der Waals surface area contributed by atoms with Crippen LogP contribution in [0.4, 0.5) is 0 Å². The molecule has 2 aliphatic heterocycles. The fourth-order valence-corrected chi connectivity index (χ4v) is 3.54. The van der Waals surface area contributed by atoms with E-state index in [2.05, 4.69) is 24.5 Å². The molecule has 2 N–H and O–H groups in total. The Morgan fingerprint density at radius 1 is 1.27 bits per heavy atom. The molecule has 0 aromatic carbocycles. The minimum absolute atomic E-state index is 0.0328. The van der Waals surface area contributed by atoms with Crippen LogP contribution >= 0.6 is 0 Å². The monoisotopic (exact) mass is 309 g/mol. The molecule has 0 spiro atoms. The second-order valence-corrected chi connectivity index (χ2v) is 6.82. The molecule has 2 saturated heterocycles.